The van der Waals surface area contributed by atoms with Gasteiger partial charge in [-0.05, 0) is 63.2 Å². The first-order valence-corrected chi connectivity index (χ1v) is 9.11. The predicted octanol–water partition coefficient (Wildman–Crippen LogP) is 3.27. The van der Waals surface area contributed by atoms with E-state index in [0.717, 1.165) is 21.5 Å². The number of hydrogen-bond donors (Lipinski definition) is 4. The van der Waals surface area contributed by atoms with Crippen molar-refractivity contribution in [2.75, 3.05) is 23.1 Å². The number of hydrogen-bond acceptors (Lipinski definition) is 8. The van der Waals surface area contributed by atoms with Crippen LogP contribution in [0.2, 0.25) is 0 Å². The minimum absolute atomic E-state index is 0.0875. The molecule has 0 bridgehead atoms. The van der Waals surface area contributed by atoms with Gasteiger partial charge < -0.3 is 16.1 Å². The second-order valence-electron chi connectivity index (χ2n) is 6.09. The number of nitrogens with one attached hydrogen (secondary N) is 2. The van der Waals surface area contributed by atoms with Crippen LogP contribution in [-0.4, -0.2) is 23.1 Å². The fraction of sp³-hybridized carbons (Fsp3) is 0.222. The van der Waals surface area contributed by atoms with Crippen LogP contribution in [0.25, 0.3) is 10.9 Å². The van der Waals surface area contributed by atoms with Crippen molar-refractivity contribution in [2.24, 2.45) is 5.84 Å². The van der Waals surface area contributed by atoms with Crippen molar-refractivity contribution in [1.29, 1.82) is 0 Å². The molecule has 0 unspecified atom stereocenters. The lowest BCUT2D eigenvalue weighted by atomic mass is 10.1. The summed E-state index contributed by atoms with van der Waals surface area (Å²) in [6, 6.07) is 11.8. The highest BCUT2D eigenvalue weighted by atomic mass is 32.2. The van der Waals surface area contributed by atoms with Gasteiger partial charge in [-0.15, -0.1) is 0 Å². The molecule has 8 heteroatoms. The van der Waals surface area contributed by atoms with Gasteiger partial charge in [0.15, 0.2) is 0 Å². The molecule has 1 aromatic heterocycles. The molecule has 0 spiro atoms. The van der Waals surface area contributed by atoms with Crippen LogP contribution in [0.3, 0.4) is 0 Å². The highest BCUT2D eigenvalue weighted by Gasteiger charge is 2.15. The molecule has 0 atom stereocenters. The van der Waals surface area contributed by atoms with Crippen LogP contribution in [0.5, 0.6) is 0 Å². The smallest absolute Gasteiger partial charge is 0.227 e. The zero-order valence-corrected chi connectivity index (χ0v) is 15.8. The van der Waals surface area contributed by atoms with Gasteiger partial charge in [0.2, 0.25) is 5.95 Å². The fourth-order valence-corrected chi connectivity index (χ4v) is 3.14. The fourth-order valence-electron chi connectivity index (χ4n) is 2.57. The molecule has 7 nitrogen and oxygen atoms in total. The molecule has 0 radical (unpaired) electrons. The number of aromatic nitrogens is 2. The molecule has 3 rings (SSSR count). The van der Waals surface area contributed by atoms with Gasteiger partial charge in [0.05, 0.1) is 5.69 Å². The number of rotatable bonds is 6. The van der Waals surface area contributed by atoms with Crippen LogP contribution in [-0.2, 0) is 0 Å². The predicted molar refractivity (Wildman–Crippen MR) is 110 cm³/mol. The van der Waals surface area contributed by atoms with Gasteiger partial charge in [0.25, 0.3) is 0 Å². The second-order valence-corrected chi connectivity index (χ2v) is 7.18. The molecular weight excluding hydrogens is 346 g/mol. The third kappa shape index (κ3) is 3.82. The van der Waals surface area contributed by atoms with Gasteiger partial charge >= 0.3 is 0 Å². The Kier molecular flexibility index (Phi) is 5.46. The van der Waals surface area contributed by atoms with Crippen molar-refractivity contribution in [3.63, 3.8) is 0 Å². The largest absolute Gasteiger partial charge is 0.397 e. The Hall–Kier alpha value is -2.55. The van der Waals surface area contributed by atoms with E-state index in [2.05, 4.69) is 20.0 Å². The summed E-state index contributed by atoms with van der Waals surface area (Å²) >= 11 is 1.54. The van der Waals surface area contributed by atoms with E-state index in [1.807, 2.05) is 57.3 Å². The third-order valence-electron chi connectivity index (χ3n) is 3.88. The standard InChI is InChI=1S/C18H23N7S/c1-11(2)25(20)17-15(19)8-7-12-10-22-18(24-16(12)17)23-13-5-4-6-14(9-13)26-21-3/h4-11,21H,19-20H2,1-3H3,(H,22,23,24). The molecule has 0 fully saturated rings. The molecule has 0 aliphatic rings. The molecular formula is C18H23N7S. The van der Waals surface area contributed by atoms with Gasteiger partial charge in [0.1, 0.15) is 11.2 Å². The van der Waals surface area contributed by atoms with Crippen LogP contribution >= 0.6 is 11.9 Å². The summed E-state index contributed by atoms with van der Waals surface area (Å²) in [6.45, 7) is 4.01. The zero-order chi connectivity index (χ0) is 18.7. The van der Waals surface area contributed by atoms with E-state index >= 15 is 0 Å². The summed E-state index contributed by atoms with van der Waals surface area (Å²) in [5.41, 5.74) is 9.10. The van der Waals surface area contributed by atoms with Crippen molar-refractivity contribution in [1.82, 2.24) is 14.7 Å². The lowest BCUT2D eigenvalue weighted by Crippen LogP contribution is -2.38. The first-order chi connectivity index (χ1) is 12.5. The molecule has 26 heavy (non-hydrogen) atoms. The number of nitrogen functional groups attached to an aromatic ring is 1. The van der Waals surface area contributed by atoms with Gasteiger partial charge in [0, 0.05) is 28.2 Å². The lowest BCUT2D eigenvalue weighted by Gasteiger charge is -2.25. The van der Waals surface area contributed by atoms with Crippen LogP contribution < -0.4 is 26.6 Å². The Morgan fingerprint density at radius 3 is 2.73 bits per heavy atom. The maximum absolute atomic E-state index is 6.22. The number of benzene rings is 2. The average molecular weight is 369 g/mol. The summed E-state index contributed by atoms with van der Waals surface area (Å²) in [5.74, 6) is 6.72. The number of nitrogens with zero attached hydrogens (tertiary/aromatic N) is 3. The van der Waals surface area contributed by atoms with Crippen LogP contribution in [0, 0.1) is 0 Å². The van der Waals surface area contributed by atoms with Gasteiger partial charge in [-0.2, -0.15) is 0 Å². The Morgan fingerprint density at radius 1 is 1.19 bits per heavy atom. The molecule has 0 aliphatic carbocycles. The first kappa shape index (κ1) is 18.2. The van der Waals surface area contributed by atoms with Crippen molar-refractivity contribution in [3.05, 3.63) is 42.6 Å². The van der Waals surface area contributed by atoms with E-state index in [0.29, 0.717) is 17.3 Å². The summed E-state index contributed by atoms with van der Waals surface area (Å²) in [5, 5.41) is 5.77. The van der Waals surface area contributed by atoms with Gasteiger partial charge in [-0.3, -0.25) is 4.72 Å². The summed E-state index contributed by atoms with van der Waals surface area (Å²) < 4.78 is 3.06. The normalized spacial score (nSPS) is 11.1. The molecule has 3 aromatic rings. The van der Waals surface area contributed by atoms with E-state index in [1.54, 1.807) is 23.2 Å². The van der Waals surface area contributed by atoms with Gasteiger partial charge in [-0.1, -0.05) is 6.07 Å². The van der Waals surface area contributed by atoms with Crippen molar-refractivity contribution >= 4 is 45.9 Å². The highest BCUT2D eigenvalue weighted by Crippen LogP contribution is 2.32. The number of fused-ring (bicyclic) bond motifs is 1. The minimum Gasteiger partial charge on any atom is -0.397 e. The van der Waals surface area contributed by atoms with E-state index in [1.165, 1.54) is 0 Å². The Bertz CT molecular complexity index is 913. The van der Waals surface area contributed by atoms with Crippen LogP contribution in [0.15, 0.2) is 47.5 Å². The van der Waals surface area contributed by atoms with E-state index < -0.39 is 0 Å². The SMILES string of the molecule is CNSc1cccc(Nc2ncc3ccc(N)c(N(N)C(C)C)c3n2)c1. The van der Waals surface area contributed by atoms with E-state index in [9.17, 15) is 0 Å². The summed E-state index contributed by atoms with van der Waals surface area (Å²) in [6.07, 6.45) is 1.77. The molecule has 0 amide bonds. The van der Waals surface area contributed by atoms with Crippen LogP contribution in [0.1, 0.15) is 13.8 Å². The van der Waals surface area contributed by atoms with E-state index in [-0.39, 0.29) is 6.04 Å². The number of hydrazine groups is 1. The van der Waals surface area contributed by atoms with Gasteiger partial charge in [-0.25, -0.2) is 15.8 Å². The molecule has 1 heterocycles. The van der Waals surface area contributed by atoms with E-state index in [4.69, 9.17) is 11.6 Å². The minimum atomic E-state index is 0.0875. The summed E-state index contributed by atoms with van der Waals surface area (Å²) in [7, 11) is 1.89. The maximum atomic E-state index is 6.22. The molecule has 0 saturated heterocycles. The Morgan fingerprint density at radius 2 is 2.00 bits per heavy atom. The number of nitrogens with two attached hydrogens (primary N) is 2. The second kappa shape index (κ2) is 7.77. The Balaban J connectivity index is 2.00. The molecule has 6 N–H and O–H groups in total. The van der Waals surface area contributed by atoms with Crippen molar-refractivity contribution in [2.45, 2.75) is 24.8 Å². The lowest BCUT2D eigenvalue weighted by molar-refractivity contribution is 0.714. The molecule has 0 saturated carbocycles. The monoisotopic (exact) mass is 369 g/mol. The molecule has 2 aromatic carbocycles. The topological polar surface area (TPSA) is 105 Å². The third-order valence-corrected chi connectivity index (χ3v) is 4.58. The maximum Gasteiger partial charge on any atom is 0.227 e. The first-order valence-electron chi connectivity index (χ1n) is 8.29. The molecule has 136 valence electrons. The Labute approximate surface area is 157 Å². The number of anilines is 4. The van der Waals surface area contributed by atoms with Crippen molar-refractivity contribution < 1.29 is 0 Å². The average Bonchev–Trinajstić information content (AvgIpc) is 2.61. The van der Waals surface area contributed by atoms with Crippen molar-refractivity contribution in [3.8, 4) is 0 Å². The highest BCUT2D eigenvalue weighted by molar-refractivity contribution is 7.97. The van der Waals surface area contributed by atoms with Crippen LogP contribution in [0.4, 0.5) is 23.0 Å². The summed E-state index contributed by atoms with van der Waals surface area (Å²) in [4.78, 5) is 10.2. The quantitative estimate of drug-likeness (QED) is 0.227. The molecule has 0 aliphatic heterocycles. The zero-order valence-electron chi connectivity index (χ0n) is 15.0.